The van der Waals surface area contributed by atoms with Crippen LogP contribution in [0.25, 0.3) is 5.69 Å². The summed E-state index contributed by atoms with van der Waals surface area (Å²) in [4.78, 5) is 14.2. The normalized spacial score (nSPS) is 23.2. The predicted molar refractivity (Wildman–Crippen MR) is 164 cm³/mol. The molecule has 12 nitrogen and oxygen atoms in total. The molecule has 4 aromatic rings. The third-order valence-corrected chi connectivity index (χ3v) is 8.48. The van der Waals surface area contributed by atoms with Crippen LogP contribution in [0, 0.1) is 19.8 Å². The first-order valence-corrected chi connectivity index (χ1v) is 15.0. The molecule has 3 aromatic heterocycles. The highest BCUT2D eigenvalue weighted by atomic mass is 16.5. The molecule has 1 saturated carbocycles. The van der Waals surface area contributed by atoms with E-state index in [1.807, 2.05) is 70.3 Å². The number of hydrogen-bond donors (Lipinski definition) is 5. The number of hydrogen-bond acceptors (Lipinski definition) is 11. The average molecular weight is 602 g/mol. The molecule has 0 amide bonds. The SMILES string of the molecule is CCOc1cc2c(c(C)n1)OC(c1c(C)nc(N[C@H](C)c3ccc(-n4cccn4)cc3)nc1N[C@@H]1C[C@H](CO)[C@@H](O)[C@H]1O)C2. The summed E-state index contributed by atoms with van der Waals surface area (Å²) in [6.45, 7) is 8.07. The Labute approximate surface area is 256 Å². The zero-order valence-electron chi connectivity index (χ0n) is 25.3. The van der Waals surface area contributed by atoms with E-state index in [2.05, 4.69) is 20.7 Å². The standard InChI is InChI=1S/C32H39N7O5/c1-5-43-26-15-21-14-25(44-30(21)19(4)34-26)27-18(3)36-32(38-31(27)37-24-13-22(16-40)28(41)29(24)42)35-17(2)20-7-9-23(10-8-20)39-12-6-11-33-39/h6-12,15,17,22,24-25,28-29,40-42H,5,13-14,16H2,1-4H3,(H2,35,36,37,38)/t17-,22-,24-,25?,28-,29+/m1/s1. The molecule has 1 fully saturated rings. The highest BCUT2D eigenvalue weighted by molar-refractivity contribution is 5.56. The Bertz CT molecular complexity index is 1600. The van der Waals surface area contributed by atoms with Gasteiger partial charge in [-0.25, -0.2) is 14.6 Å². The zero-order chi connectivity index (χ0) is 31.0. The van der Waals surface area contributed by atoms with Gasteiger partial charge < -0.3 is 35.4 Å². The van der Waals surface area contributed by atoms with Crippen molar-refractivity contribution in [1.29, 1.82) is 0 Å². The molecule has 0 saturated heterocycles. The fourth-order valence-corrected chi connectivity index (χ4v) is 6.15. The first kappa shape index (κ1) is 29.8. The van der Waals surface area contributed by atoms with E-state index in [0.29, 0.717) is 42.8 Å². The van der Waals surface area contributed by atoms with Crippen LogP contribution in [0.4, 0.5) is 11.8 Å². The Kier molecular flexibility index (Phi) is 8.39. The third kappa shape index (κ3) is 5.80. The Morgan fingerprint density at radius 3 is 2.57 bits per heavy atom. The second-order valence-corrected chi connectivity index (χ2v) is 11.5. The number of nitrogens with one attached hydrogen (secondary N) is 2. The van der Waals surface area contributed by atoms with Crippen LogP contribution in [0.5, 0.6) is 11.6 Å². The quantitative estimate of drug-likeness (QED) is 0.181. The summed E-state index contributed by atoms with van der Waals surface area (Å²) in [6.07, 6.45) is 2.09. The molecule has 6 atom stereocenters. The van der Waals surface area contributed by atoms with E-state index < -0.39 is 30.3 Å². The minimum atomic E-state index is -1.07. The second-order valence-electron chi connectivity index (χ2n) is 11.5. The minimum Gasteiger partial charge on any atom is -0.483 e. The Morgan fingerprint density at radius 1 is 1.09 bits per heavy atom. The van der Waals surface area contributed by atoms with E-state index in [0.717, 1.165) is 33.8 Å². The molecule has 0 bridgehead atoms. The van der Waals surface area contributed by atoms with Crippen molar-refractivity contribution in [1.82, 2.24) is 24.7 Å². The van der Waals surface area contributed by atoms with Gasteiger partial charge in [-0.05, 0) is 57.9 Å². The lowest BCUT2D eigenvalue weighted by Crippen LogP contribution is -2.36. The summed E-state index contributed by atoms with van der Waals surface area (Å²) in [6, 6.07) is 11.3. The molecule has 1 aliphatic carbocycles. The highest BCUT2D eigenvalue weighted by Gasteiger charge is 2.42. The van der Waals surface area contributed by atoms with Gasteiger partial charge in [-0.15, -0.1) is 0 Å². The van der Waals surface area contributed by atoms with Crippen molar-refractivity contribution in [3.63, 3.8) is 0 Å². The molecule has 1 aliphatic heterocycles. The van der Waals surface area contributed by atoms with E-state index in [-0.39, 0.29) is 12.6 Å². The molecule has 0 radical (unpaired) electrons. The van der Waals surface area contributed by atoms with Gasteiger partial charge in [0.15, 0.2) is 0 Å². The summed E-state index contributed by atoms with van der Waals surface area (Å²) in [5.41, 5.74) is 5.21. The van der Waals surface area contributed by atoms with Crippen molar-refractivity contribution in [2.24, 2.45) is 5.92 Å². The monoisotopic (exact) mass is 601 g/mol. The Balaban J connectivity index is 1.30. The number of rotatable bonds is 10. The van der Waals surface area contributed by atoms with Crippen molar-refractivity contribution in [3.05, 3.63) is 76.9 Å². The van der Waals surface area contributed by atoms with Crippen LogP contribution in [0.1, 0.15) is 60.5 Å². The predicted octanol–water partition coefficient (Wildman–Crippen LogP) is 3.44. The number of aromatic nitrogens is 5. The molecule has 6 rings (SSSR count). The molecule has 1 aromatic carbocycles. The van der Waals surface area contributed by atoms with Crippen LogP contribution in [0.15, 0.2) is 48.8 Å². The number of aliphatic hydroxyl groups is 3. The van der Waals surface area contributed by atoms with Crippen LogP contribution in [0.3, 0.4) is 0 Å². The average Bonchev–Trinajstić information content (AvgIpc) is 3.75. The van der Waals surface area contributed by atoms with Crippen LogP contribution in [0.2, 0.25) is 0 Å². The molecule has 12 heteroatoms. The lowest BCUT2D eigenvalue weighted by molar-refractivity contribution is 0.00444. The second kappa shape index (κ2) is 12.4. The van der Waals surface area contributed by atoms with Crippen LogP contribution >= 0.6 is 0 Å². The summed E-state index contributed by atoms with van der Waals surface area (Å²) < 4.78 is 13.9. The number of aliphatic hydroxyl groups excluding tert-OH is 3. The van der Waals surface area contributed by atoms with Gasteiger partial charge in [0.2, 0.25) is 11.8 Å². The smallest absolute Gasteiger partial charge is 0.225 e. The molecule has 0 spiro atoms. The maximum Gasteiger partial charge on any atom is 0.225 e. The molecular weight excluding hydrogens is 562 g/mol. The van der Waals surface area contributed by atoms with Crippen molar-refractivity contribution in [2.75, 3.05) is 23.8 Å². The highest BCUT2D eigenvalue weighted by Crippen LogP contribution is 2.43. The van der Waals surface area contributed by atoms with Gasteiger partial charge in [-0.2, -0.15) is 10.1 Å². The van der Waals surface area contributed by atoms with Gasteiger partial charge in [0.05, 0.1) is 47.4 Å². The topological polar surface area (TPSA) is 160 Å². The van der Waals surface area contributed by atoms with Crippen molar-refractivity contribution in [2.45, 2.75) is 70.9 Å². The number of ether oxygens (including phenoxy) is 2. The zero-order valence-corrected chi connectivity index (χ0v) is 25.3. The number of benzene rings is 1. The molecule has 2 aliphatic rings. The summed E-state index contributed by atoms with van der Waals surface area (Å²) in [7, 11) is 0. The van der Waals surface area contributed by atoms with Crippen molar-refractivity contribution in [3.8, 4) is 17.3 Å². The summed E-state index contributed by atoms with van der Waals surface area (Å²) >= 11 is 0. The van der Waals surface area contributed by atoms with E-state index >= 15 is 0 Å². The van der Waals surface area contributed by atoms with Gasteiger partial charge in [0.1, 0.15) is 23.8 Å². The van der Waals surface area contributed by atoms with Crippen molar-refractivity contribution < 1.29 is 24.8 Å². The van der Waals surface area contributed by atoms with Gasteiger partial charge in [0, 0.05) is 43.0 Å². The maximum absolute atomic E-state index is 10.8. The third-order valence-electron chi connectivity index (χ3n) is 8.48. The fourth-order valence-electron chi connectivity index (χ4n) is 6.15. The van der Waals surface area contributed by atoms with Crippen LogP contribution < -0.4 is 20.1 Å². The molecule has 232 valence electrons. The number of nitrogens with zero attached hydrogens (tertiary/aromatic N) is 5. The molecule has 5 N–H and O–H groups in total. The van der Waals surface area contributed by atoms with Crippen molar-refractivity contribution >= 4 is 11.8 Å². The number of pyridine rings is 1. The Hall–Kier alpha value is -4.26. The van der Waals surface area contributed by atoms with Crippen LogP contribution in [-0.4, -0.2) is 71.5 Å². The molecule has 44 heavy (non-hydrogen) atoms. The molecule has 1 unspecified atom stereocenters. The van der Waals surface area contributed by atoms with Gasteiger partial charge in [-0.3, -0.25) is 0 Å². The lowest BCUT2D eigenvalue weighted by Gasteiger charge is -2.24. The van der Waals surface area contributed by atoms with Gasteiger partial charge >= 0.3 is 0 Å². The molecular formula is C32H39N7O5. The first-order chi connectivity index (χ1) is 21.2. The van der Waals surface area contributed by atoms with E-state index in [9.17, 15) is 15.3 Å². The van der Waals surface area contributed by atoms with Crippen LogP contribution in [-0.2, 0) is 6.42 Å². The van der Waals surface area contributed by atoms with Gasteiger partial charge in [-0.1, -0.05) is 12.1 Å². The first-order valence-electron chi connectivity index (χ1n) is 15.0. The largest absolute Gasteiger partial charge is 0.483 e. The lowest BCUT2D eigenvalue weighted by atomic mass is 10.0. The molecule has 4 heterocycles. The summed E-state index contributed by atoms with van der Waals surface area (Å²) in [5, 5.41) is 42.1. The number of fused-ring (bicyclic) bond motifs is 1. The van der Waals surface area contributed by atoms with Gasteiger partial charge in [0.25, 0.3) is 0 Å². The Morgan fingerprint density at radius 2 is 1.89 bits per heavy atom. The van der Waals surface area contributed by atoms with E-state index in [1.54, 1.807) is 10.9 Å². The summed E-state index contributed by atoms with van der Waals surface area (Å²) in [5.74, 6) is 1.76. The van der Waals surface area contributed by atoms with E-state index in [4.69, 9.17) is 19.4 Å². The number of anilines is 2. The van der Waals surface area contributed by atoms with E-state index in [1.165, 1.54) is 0 Å². The number of aryl methyl sites for hydroxylation is 2. The maximum atomic E-state index is 10.8. The minimum absolute atomic E-state index is 0.116. The fraction of sp³-hybridized carbons (Fsp3) is 0.438.